The number of aryl methyl sites for hydroxylation is 1. The molecule has 10 heteroatoms. The molecule has 0 spiro atoms. The number of hydrogen-bond acceptors (Lipinski definition) is 7. The summed E-state index contributed by atoms with van der Waals surface area (Å²) in [6, 6.07) is 7.57. The number of nitrogen functional groups attached to an aromatic ring is 1. The summed E-state index contributed by atoms with van der Waals surface area (Å²) in [5.41, 5.74) is 7.99. The van der Waals surface area contributed by atoms with Gasteiger partial charge in [0, 0.05) is 19.0 Å². The van der Waals surface area contributed by atoms with E-state index in [1.54, 1.807) is 18.5 Å². The van der Waals surface area contributed by atoms with E-state index in [-0.39, 0.29) is 24.5 Å². The van der Waals surface area contributed by atoms with Gasteiger partial charge in [-0.3, -0.25) is 9.59 Å². The van der Waals surface area contributed by atoms with E-state index in [4.69, 9.17) is 10.5 Å². The second-order valence-electron chi connectivity index (χ2n) is 7.96. The first-order valence-corrected chi connectivity index (χ1v) is 10.7. The SMILES string of the molecule is CC(NC(=O)CCCn1cnc2c(N)ncnc21)c1ccc(OCC(=O)NC2CC2)cc1. The molecule has 0 saturated heterocycles. The Balaban J connectivity index is 1.20. The Labute approximate surface area is 185 Å². The molecule has 168 valence electrons. The number of nitrogens with one attached hydrogen (secondary N) is 2. The van der Waals surface area contributed by atoms with Crippen LogP contribution in [0.5, 0.6) is 5.75 Å². The Morgan fingerprint density at radius 1 is 1.19 bits per heavy atom. The Morgan fingerprint density at radius 2 is 1.97 bits per heavy atom. The monoisotopic (exact) mass is 437 g/mol. The molecule has 1 fully saturated rings. The van der Waals surface area contributed by atoms with E-state index >= 15 is 0 Å². The third kappa shape index (κ3) is 5.51. The molecule has 4 rings (SSSR count). The van der Waals surface area contributed by atoms with Crippen molar-refractivity contribution in [2.75, 3.05) is 12.3 Å². The molecule has 1 aromatic carbocycles. The van der Waals surface area contributed by atoms with Crippen LogP contribution in [0.25, 0.3) is 11.2 Å². The third-order valence-corrected chi connectivity index (χ3v) is 5.30. The molecule has 1 saturated carbocycles. The van der Waals surface area contributed by atoms with Gasteiger partial charge in [-0.15, -0.1) is 0 Å². The highest BCUT2D eigenvalue weighted by atomic mass is 16.5. The number of ether oxygens (including phenoxy) is 1. The van der Waals surface area contributed by atoms with Crippen molar-refractivity contribution in [2.45, 2.75) is 51.2 Å². The number of hydrogen-bond donors (Lipinski definition) is 3. The Morgan fingerprint density at radius 3 is 2.72 bits per heavy atom. The Kier molecular flexibility index (Phi) is 6.48. The van der Waals surface area contributed by atoms with Crippen LogP contribution in [0.15, 0.2) is 36.9 Å². The third-order valence-electron chi connectivity index (χ3n) is 5.30. The number of carbonyl (C=O) groups is 2. The van der Waals surface area contributed by atoms with E-state index in [2.05, 4.69) is 25.6 Å². The number of amides is 2. The number of rotatable bonds is 10. The van der Waals surface area contributed by atoms with Crippen LogP contribution in [-0.2, 0) is 16.1 Å². The summed E-state index contributed by atoms with van der Waals surface area (Å²) in [6.45, 7) is 2.54. The number of imidazole rings is 1. The summed E-state index contributed by atoms with van der Waals surface area (Å²) in [5.74, 6) is 0.832. The topological polar surface area (TPSA) is 137 Å². The first-order valence-electron chi connectivity index (χ1n) is 10.7. The average Bonchev–Trinajstić information content (AvgIpc) is 3.50. The second kappa shape index (κ2) is 9.63. The van der Waals surface area contributed by atoms with E-state index in [9.17, 15) is 9.59 Å². The fraction of sp³-hybridized carbons (Fsp3) is 0.409. The van der Waals surface area contributed by atoms with Gasteiger partial charge in [0.1, 0.15) is 17.6 Å². The van der Waals surface area contributed by atoms with Gasteiger partial charge in [-0.05, 0) is 43.9 Å². The number of aromatic nitrogens is 4. The zero-order valence-electron chi connectivity index (χ0n) is 18.0. The van der Waals surface area contributed by atoms with E-state index in [0.717, 1.165) is 18.4 Å². The molecule has 0 aliphatic heterocycles. The van der Waals surface area contributed by atoms with Gasteiger partial charge < -0.3 is 25.7 Å². The quantitative estimate of drug-likeness (QED) is 0.439. The van der Waals surface area contributed by atoms with Crippen LogP contribution in [0, 0.1) is 0 Å². The maximum Gasteiger partial charge on any atom is 0.258 e. The lowest BCUT2D eigenvalue weighted by Crippen LogP contribution is -2.30. The molecule has 32 heavy (non-hydrogen) atoms. The zero-order chi connectivity index (χ0) is 22.5. The van der Waals surface area contributed by atoms with Crippen molar-refractivity contribution in [1.82, 2.24) is 30.2 Å². The Hall–Kier alpha value is -3.69. The fourth-order valence-corrected chi connectivity index (χ4v) is 3.37. The minimum Gasteiger partial charge on any atom is -0.484 e. The number of nitrogens with zero attached hydrogens (tertiary/aromatic N) is 4. The van der Waals surface area contributed by atoms with Crippen molar-refractivity contribution >= 4 is 28.8 Å². The number of nitrogens with two attached hydrogens (primary N) is 1. The van der Waals surface area contributed by atoms with E-state index in [1.165, 1.54) is 6.33 Å². The fourth-order valence-electron chi connectivity index (χ4n) is 3.37. The van der Waals surface area contributed by atoms with Crippen molar-refractivity contribution in [3.63, 3.8) is 0 Å². The average molecular weight is 438 g/mol. The van der Waals surface area contributed by atoms with Crippen LogP contribution in [0.2, 0.25) is 0 Å². The summed E-state index contributed by atoms with van der Waals surface area (Å²) in [4.78, 5) is 36.4. The van der Waals surface area contributed by atoms with Gasteiger partial charge in [-0.2, -0.15) is 0 Å². The summed E-state index contributed by atoms with van der Waals surface area (Å²) in [6.07, 6.45) is 6.19. The lowest BCUT2D eigenvalue weighted by molar-refractivity contribution is -0.123. The van der Waals surface area contributed by atoms with E-state index in [0.29, 0.717) is 48.2 Å². The van der Waals surface area contributed by atoms with Gasteiger partial charge in [-0.1, -0.05) is 12.1 Å². The highest BCUT2D eigenvalue weighted by Gasteiger charge is 2.23. The predicted molar refractivity (Wildman–Crippen MR) is 119 cm³/mol. The molecule has 4 N–H and O–H groups in total. The summed E-state index contributed by atoms with van der Waals surface area (Å²) >= 11 is 0. The summed E-state index contributed by atoms with van der Waals surface area (Å²) in [7, 11) is 0. The standard InChI is InChI=1S/C22H27N7O3/c1-14(15-4-8-17(9-5-15)32-11-19(31)28-16-6-7-16)27-18(30)3-2-10-29-13-26-20-21(23)24-12-25-22(20)29/h4-5,8-9,12-14,16H,2-3,6-7,10-11H2,1H3,(H,27,30)(H,28,31)(H2,23,24,25). The molecule has 1 aliphatic carbocycles. The van der Waals surface area contributed by atoms with Crippen LogP contribution >= 0.6 is 0 Å². The minimum atomic E-state index is -0.142. The Bertz CT molecular complexity index is 1090. The molecule has 0 radical (unpaired) electrons. The minimum absolute atomic E-state index is 0.00691. The highest BCUT2D eigenvalue weighted by Crippen LogP contribution is 2.20. The normalized spacial score (nSPS) is 14.2. The maximum absolute atomic E-state index is 12.4. The lowest BCUT2D eigenvalue weighted by Gasteiger charge is -2.15. The first-order chi connectivity index (χ1) is 15.5. The van der Waals surface area contributed by atoms with Gasteiger partial charge in [0.15, 0.2) is 18.1 Å². The molecule has 2 amide bonds. The highest BCUT2D eigenvalue weighted by molar-refractivity contribution is 5.81. The van der Waals surface area contributed by atoms with Gasteiger partial charge in [-0.25, -0.2) is 15.0 Å². The van der Waals surface area contributed by atoms with Crippen molar-refractivity contribution in [3.8, 4) is 5.75 Å². The molecule has 10 nitrogen and oxygen atoms in total. The molecule has 2 heterocycles. The van der Waals surface area contributed by atoms with Crippen molar-refractivity contribution in [3.05, 3.63) is 42.5 Å². The second-order valence-corrected chi connectivity index (χ2v) is 7.96. The van der Waals surface area contributed by atoms with Gasteiger partial charge in [0.2, 0.25) is 5.91 Å². The van der Waals surface area contributed by atoms with Crippen LogP contribution in [0.3, 0.4) is 0 Å². The van der Waals surface area contributed by atoms with Crippen molar-refractivity contribution in [1.29, 1.82) is 0 Å². The lowest BCUT2D eigenvalue weighted by atomic mass is 10.1. The molecule has 0 bridgehead atoms. The van der Waals surface area contributed by atoms with Crippen LogP contribution < -0.4 is 21.1 Å². The maximum atomic E-state index is 12.4. The van der Waals surface area contributed by atoms with E-state index < -0.39 is 0 Å². The number of benzene rings is 1. The molecule has 2 aromatic heterocycles. The van der Waals surface area contributed by atoms with Crippen LogP contribution in [0.1, 0.15) is 44.2 Å². The molecular formula is C22H27N7O3. The zero-order valence-corrected chi connectivity index (χ0v) is 18.0. The van der Waals surface area contributed by atoms with Crippen molar-refractivity contribution < 1.29 is 14.3 Å². The largest absolute Gasteiger partial charge is 0.484 e. The molecule has 3 aromatic rings. The van der Waals surface area contributed by atoms with Gasteiger partial charge >= 0.3 is 0 Å². The number of carbonyl (C=O) groups excluding carboxylic acids is 2. The number of anilines is 1. The van der Waals surface area contributed by atoms with Crippen molar-refractivity contribution in [2.24, 2.45) is 0 Å². The van der Waals surface area contributed by atoms with Gasteiger partial charge in [0.05, 0.1) is 12.4 Å². The predicted octanol–water partition coefficient (Wildman–Crippen LogP) is 1.72. The molecule has 1 unspecified atom stereocenters. The van der Waals surface area contributed by atoms with Crippen LogP contribution in [0.4, 0.5) is 5.82 Å². The summed E-state index contributed by atoms with van der Waals surface area (Å²) < 4.78 is 7.38. The van der Waals surface area contributed by atoms with Crippen LogP contribution in [-0.4, -0.2) is 44.0 Å². The summed E-state index contributed by atoms with van der Waals surface area (Å²) in [5, 5.41) is 5.89. The van der Waals surface area contributed by atoms with Gasteiger partial charge in [0.25, 0.3) is 5.91 Å². The van der Waals surface area contributed by atoms with E-state index in [1.807, 2.05) is 23.6 Å². The first kappa shape index (κ1) is 21.5. The molecule has 1 aliphatic rings. The molecular weight excluding hydrogens is 410 g/mol. The number of fused-ring (bicyclic) bond motifs is 1. The molecule has 1 atom stereocenters. The smallest absolute Gasteiger partial charge is 0.258 e.